The molecule has 1 N–H and O–H groups in total. The molecule has 0 saturated carbocycles. The van der Waals surface area contributed by atoms with Crippen LogP contribution >= 0.6 is 11.3 Å². The molecule has 3 heterocycles. The molecule has 21 heavy (non-hydrogen) atoms. The monoisotopic (exact) mass is 305 g/mol. The van der Waals surface area contributed by atoms with Crippen molar-refractivity contribution in [1.82, 2.24) is 14.9 Å². The first-order valence-corrected chi connectivity index (χ1v) is 8.44. The molecule has 2 aromatic rings. The molecule has 6 heteroatoms. The van der Waals surface area contributed by atoms with Gasteiger partial charge in [0.15, 0.2) is 0 Å². The molecule has 0 bridgehead atoms. The maximum absolute atomic E-state index is 4.72. The molecule has 0 spiro atoms. The number of hydrogen-bond donors (Lipinski definition) is 1. The molecular formula is C15H23N5S. The molecule has 1 unspecified atom stereocenters. The topological polar surface area (TPSA) is 44.3 Å². The van der Waals surface area contributed by atoms with E-state index in [1.165, 1.54) is 19.5 Å². The van der Waals surface area contributed by atoms with Crippen molar-refractivity contribution in [3.05, 3.63) is 11.4 Å². The molecule has 5 nitrogen and oxygen atoms in total. The summed E-state index contributed by atoms with van der Waals surface area (Å²) in [4.78, 5) is 15.1. The summed E-state index contributed by atoms with van der Waals surface area (Å²) < 4.78 is 0. The molecule has 114 valence electrons. The minimum atomic E-state index is 0.728. The van der Waals surface area contributed by atoms with E-state index in [0.717, 1.165) is 41.0 Å². The molecular weight excluding hydrogens is 282 g/mol. The van der Waals surface area contributed by atoms with Crippen LogP contribution in [0.2, 0.25) is 0 Å². The lowest BCUT2D eigenvalue weighted by Gasteiger charge is -2.23. The second kappa shape index (κ2) is 6.15. The van der Waals surface area contributed by atoms with Crippen LogP contribution in [0.4, 0.5) is 11.8 Å². The second-order valence-corrected chi connectivity index (χ2v) is 6.73. The number of aromatic nitrogens is 2. The van der Waals surface area contributed by atoms with Gasteiger partial charge in [-0.15, -0.1) is 11.3 Å². The summed E-state index contributed by atoms with van der Waals surface area (Å²) in [7, 11) is 4.35. The first-order valence-electron chi connectivity index (χ1n) is 7.56. The minimum Gasteiger partial charge on any atom is -0.359 e. The first kappa shape index (κ1) is 14.5. The number of rotatable bonds is 5. The van der Waals surface area contributed by atoms with Gasteiger partial charge in [0.2, 0.25) is 5.95 Å². The van der Waals surface area contributed by atoms with E-state index in [-0.39, 0.29) is 0 Å². The average molecular weight is 305 g/mol. The number of nitrogens with one attached hydrogen (secondary N) is 1. The predicted molar refractivity (Wildman–Crippen MR) is 90.5 cm³/mol. The van der Waals surface area contributed by atoms with Gasteiger partial charge in [-0.05, 0) is 44.3 Å². The molecule has 1 saturated heterocycles. The summed E-state index contributed by atoms with van der Waals surface area (Å²) in [6.07, 6.45) is 1.28. The van der Waals surface area contributed by atoms with E-state index in [1.54, 1.807) is 11.3 Å². The van der Waals surface area contributed by atoms with Crippen molar-refractivity contribution in [3.63, 3.8) is 0 Å². The number of thiophene rings is 1. The molecule has 1 aliphatic heterocycles. The van der Waals surface area contributed by atoms with E-state index in [4.69, 9.17) is 4.98 Å². The number of likely N-dealkylation sites (tertiary alicyclic amines) is 1. The van der Waals surface area contributed by atoms with Crippen LogP contribution in [-0.2, 0) is 0 Å². The van der Waals surface area contributed by atoms with Crippen molar-refractivity contribution in [3.8, 4) is 0 Å². The van der Waals surface area contributed by atoms with Gasteiger partial charge in [-0.3, -0.25) is 0 Å². The Kier molecular flexibility index (Phi) is 4.26. The zero-order chi connectivity index (χ0) is 14.8. The Hall–Kier alpha value is -1.40. The molecule has 0 aliphatic carbocycles. The number of fused-ring (bicyclic) bond motifs is 1. The Morgan fingerprint density at radius 3 is 3.05 bits per heavy atom. The van der Waals surface area contributed by atoms with Gasteiger partial charge in [-0.1, -0.05) is 0 Å². The first-order chi connectivity index (χ1) is 10.2. The lowest BCUT2D eigenvalue weighted by molar-refractivity contribution is 0.396. The highest BCUT2D eigenvalue weighted by Crippen LogP contribution is 2.29. The molecule has 1 fully saturated rings. The van der Waals surface area contributed by atoms with Crippen LogP contribution in [0, 0.1) is 5.92 Å². The van der Waals surface area contributed by atoms with Crippen LogP contribution in [-0.4, -0.2) is 55.1 Å². The summed E-state index contributed by atoms with van der Waals surface area (Å²) in [5.74, 6) is 2.51. The number of hydrogen-bond acceptors (Lipinski definition) is 6. The third kappa shape index (κ3) is 3.11. The van der Waals surface area contributed by atoms with Gasteiger partial charge in [-0.2, -0.15) is 4.98 Å². The van der Waals surface area contributed by atoms with Gasteiger partial charge in [0.1, 0.15) is 10.6 Å². The normalized spacial score (nSPS) is 19.3. The molecule has 0 radical (unpaired) electrons. The lowest BCUT2D eigenvalue weighted by Crippen LogP contribution is -2.28. The van der Waals surface area contributed by atoms with E-state index >= 15 is 0 Å². The molecule has 1 atom stereocenters. The molecule has 0 aromatic carbocycles. The third-order valence-corrected chi connectivity index (χ3v) is 4.83. The van der Waals surface area contributed by atoms with Gasteiger partial charge in [0, 0.05) is 26.7 Å². The number of anilines is 2. The van der Waals surface area contributed by atoms with Gasteiger partial charge in [0.05, 0.1) is 5.39 Å². The standard InChI is InChI=1S/C15H23N5S/c1-4-16-15-17-13(12-6-8-21-14(12)18-15)20(3)10-11-5-7-19(2)9-11/h6,8,11H,4-5,7,9-10H2,1-3H3,(H,16,17,18). The third-order valence-electron chi connectivity index (χ3n) is 4.02. The predicted octanol–water partition coefficient (Wildman–Crippen LogP) is 2.51. The van der Waals surface area contributed by atoms with Gasteiger partial charge < -0.3 is 15.1 Å². The van der Waals surface area contributed by atoms with Crippen LogP contribution < -0.4 is 10.2 Å². The maximum atomic E-state index is 4.72. The average Bonchev–Trinajstić information content (AvgIpc) is 3.07. The summed E-state index contributed by atoms with van der Waals surface area (Å²) in [6, 6.07) is 2.13. The van der Waals surface area contributed by atoms with Crippen molar-refractivity contribution < 1.29 is 0 Å². The fraction of sp³-hybridized carbons (Fsp3) is 0.600. The minimum absolute atomic E-state index is 0.728. The van der Waals surface area contributed by atoms with Crippen molar-refractivity contribution >= 4 is 33.3 Å². The molecule has 2 aromatic heterocycles. The van der Waals surface area contributed by atoms with E-state index < -0.39 is 0 Å². The SMILES string of the molecule is CCNc1nc(N(C)CC2CCN(C)C2)c2ccsc2n1. The largest absolute Gasteiger partial charge is 0.359 e. The lowest BCUT2D eigenvalue weighted by atomic mass is 10.1. The highest BCUT2D eigenvalue weighted by atomic mass is 32.1. The molecule has 1 aliphatic rings. The van der Waals surface area contributed by atoms with Crippen LogP contribution in [0.15, 0.2) is 11.4 Å². The fourth-order valence-electron chi connectivity index (χ4n) is 3.02. The van der Waals surface area contributed by atoms with E-state index in [2.05, 4.69) is 52.6 Å². The van der Waals surface area contributed by atoms with Gasteiger partial charge >= 0.3 is 0 Å². The van der Waals surface area contributed by atoms with Crippen molar-refractivity contribution in [2.45, 2.75) is 13.3 Å². The Labute approximate surface area is 130 Å². The van der Waals surface area contributed by atoms with Crippen LogP contribution in [0.3, 0.4) is 0 Å². The van der Waals surface area contributed by atoms with Crippen molar-refractivity contribution in [2.75, 3.05) is 50.5 Å². The van der Waals surface area contributed by atoms with Crippen LogP contribution in [0.25, 0.3) is 10.2 Å². The Bertz CT molecular complexity index is 611. The molecule has 3 rings (SSSR count). The Morgan fingerprint density at radius 1 is 1.48 bits per heavy atom. The summed E-state index contributed by atoms with van der Waals surface area (Å²) >= 11 is 1.68. The smallest absolute Gasteiger partial charge is 0.226 e. The fourth-order valence-corrected chi connectivity index (χ4v) is 3.78. The second-order valence-electron chi connectivity index (χ2n) is 5.84. The Balaban J connectivity index is 1.85. The zero-order valence-corrected chi connectivity index (χ0v) is 13.8. The van der Waals surface area contributed by atoms with Gasteiger partial charge in [0.25, 0.3) is 0 Å². The van der Waals surface area contributed by atoms with Crippen LogP contribution in [0.5, 0.6) is 0 Å². The van der Waals surface area contributed by atoms with Crippen molar-refractivity contribution in [2.24, 2.45) is 5.92 Å². The maximum Gasteiger partial charge on any atom is 0.226 e. The highest BCUT2D eigenvalue weighted by Gasteiger charge is 2.22. The van der Waals surface area contributed by atoms with E-state index in [1.807, 2.05) is 0 Å². The van der Waals surface area contributed by atoms with E-state index in [9.17, 15) is 0 Å². The quantitative estimate of drug-likeness (QED) is 0.919. The summed E-state index contributed by atoms with van der Waals surface area (Å²) in [5, 5.41) is 6.49. The molecule has 0 amide bonds. The zero-order valence-electron chi connectivity index (χ0n) is 13.0. The van der Waals surface area contributed by atoms with Crippen LogP contribution in [0.1, 0.15) is 13.3 Å². The highest BCUT2D eigenvalue weighted by molar-refractivity contribution is 7.16. The van der Waals surface area contributed by atoms with Gasteiger partial charge in [-0.25, -0.2) is 4.98 Å². The Morgan fingerprint density at radius 2 is 2.33 bits per heavy atom. The summed E-state index contributed by atoms with van der Waals surface area (Å²) in [5.41, 5.74) is 0. The summed E-state index contributed by atoms with van der Waals surface area (Å²) in [6.45, 7) is 6.35. The van der Waals surface area contributed by atoms with E-state index in [0.29, 0.717) is 0 Å². The van der Waals surface area contributed by atoms with Crippen molar-refractivity contribution in [1.29, 1.82) is 0 Å². The number of nitrogens with zero attached hydrogens (tertiary/aromatic N) is 4.